The maximum atomic E-state index is 10.6. The van der Waals surface area contributed by atoms with Gasteiger partial charge in [-0.05, 0) is 12.1 Å². The zero-order valence-corrected chi connectivity index (χ0v) is 6.89. The zero-order valence-electron chi connectivity index (χ0n) is 6.07. The van der Waals surface area contributed by atoms with Crippen LogP contribution in [0.25, 0.3) is 0 Å². The van der Waals surface area contributed by atoms with Gasteiger partial charge in [-0.1, -0.05) is 0 Å². The minimum absolute atomic E-state index is 0.328. The van der Waals surface area contributed by atoms with E-state index in [2.05, 4.69) is 4.83 Å². The van der Waals surface area contributed by atoms with Gasteiger partial charge in [0, 0.05) is 18.0 Å². The van der Waals surface area contributed by atoms with Crippen LogP contribution < -0.4 is 10.3 Å². The molecule has 0 radical (unpaired) electrons. The highest BCUT2D eigenvalue weighted by molar-refractivity contribution is 7.97. The van der Waals surface area contributed by atoms with E-state index in [0.29, 0.717) is 5.56 Å². The fourth-order valence-electron chi connectivity index (χ4n) is 1.04. The molecule has 1 aliphatic rings. The first-order chi connectivity index (χ1) is 5.77. The molecule has 5 heteroatoms. The number of hydrogen-bond donors (Lipinski definition) is 3. The molecule has 12 heavy (non-hydrogen) atoms. The fourth-order valence-corrected chi connectivity index (χ4v) is 1.73. The van der Waals surface area contributed by atoms with Gasteiger partial charge in [-0.15, -0.1) is 4.83 Å². The standard InChI is InChI=1S/C7H6N2O2S/c10-7(11)4-1-2-6-5(3-4)8-9-12-6/h1-3,8-9H,(H,10,11)/p+1. The summed E-state index contributed by atoms with van der Waals surface area (Å²) in [5.41, 5.74) is 3.07. The Labute approximate surface area is 73.1 Å². The van der Waals surface area contributed by atoms with Gasteiger partial charge in [-0.2, -0.15) is 0 Å². The quantitative estimate of drug-likeness (QED) is 0.328. The monoisotopic (exact) mass is 183 g/mol. The van der Waals surface area contributed by atoms with Gasteiger partial charge in [0.15, 0.2) is 5.69 Å². The van der Waals surface area contributed by atoms with Crippen molar-refractivity contribution in [3.8, 4) is 0 Å². The normalized spacial score (nSPS) is 14.3. The molecule has 4 nitrogen and oxygen atoms in total. The maximum Gasteiger partial charge on any atom is 0.335 e. The van der Waals surface area contributed by atoms with Crippen molar-refractivity contribution in [3.63, 3.8) is 0 Å². The molecule has 0 amide bonds. The molecule has 0 fully saturated rings. The van der Waals surface area contributed by atoms with Crippen LogP contribution in [0.3, 0.4) is 0 Å². The third-order valence-corrected chi connectivity index (χ3v) is 2.47. The van der Waals surface area contributed by atoms with Crippen LogP contribution in [0.5, 0.6) is 0 Å². The minimum Gasteiger partial charge on any atom is -0.478 e. The van der Waals surface area contributed by atoms with Crippen LogP contribution in [0.1, 0.15) is 10.4 Å². The van der Waals surface area contributed by atoms with Crippen molar-refractivity contribution < 1.29 is 15.3 Å². The predicted octanol–water partition coefficient (Wildman–Crippen LogP) is 0.105. The Bertz CT molecular complexity index is 340. The second kappa shape index (κ2) is 2.78. The summed E-state index contributed by atoms with van der Waals surface area (Å²) in [6.45, 7) is 0. The van der Waals surface area contributed by atoms with Crippen molar-refractivity contribution in [1.82, 2.24) is 4.83 Å². The first-order valence-corrected chi connectivity index (χ1v) is 4.22. The number of hydrogen-bond acceptors (Lipinski definition) is 3. The molecular weight excluding hydrogens is 176 g/mol. The molecule has 0 aromatic heterocycles. The number of nitrogens with two attached hydrogens (primary N) is 1. The molecule has 0 spiro atoms. The molecule has 1 aromatic carbocycles. The van der Waals surface area contributed by atoms with Gasteiger partial charge < -0.3 is 5.11 Å². The molecule has 0 saturated carbocycles. The minimum atomic E-state index is -0.886. The number of benzene rings is 1. The first-order valence-electron chi connectivity index (χ1n) is 3.40. The Morgan fingerprint density at radius 2 is 2.42 bits per heavy atom. The zero-order chi connectivity index (χ0) is 8.55. The summed E-state index contributed by atoms with van der Waals surface area (Å²) in [5, 5.41) is 8.67. The summed E-state index contributed by atoms with van der Waals surface area (Å²) in [6.07, 6.45) is 0. The van der Waals surface area contributed by atoms with E-state index in [4.69, 9.17) is 5.11 Å². The lowest BCUT2D eigenvalue weighted by molar-refractivity contribution is -0.605. The third kappa shape index (κ3) is 1.18. The Morgan fingerprint density at radius 3 is 3.17 bits per heavy atom. The topological polar surface area (TPSA) is 65.9 Å². The number of quaternary nitrogens is 1. The number of fused-ring (bicyclic) bond motifs is 1. The molecule has 4 N–H and O–H groups in total. The molecule has 0 atom stereocenters. The Kier molecular flexibility index (Phi) is 1.76. The highest BCUT2D eigenvalue weighted by atomic mass is 32.2. The van der Waals surface area contributed by atoms with E-state index >= 15 is 0 Å². The molecule has 1 heterocycles. The van der Waals surface area contributed by atoms with Gasteiger partial charge in [0.05, 0.1) is 10.5 Å². The molecule has 2 rings (SSSR count). The number of aromatic carboxylic acids is 1. The van der Waals surface area contributed by atoms with Gasteiger partial charge in [0.2, 0.25) is 0 Å². The van der Waals surface area contributed by atoms with Crippen molar-refractivity contribution in [2.75, 3.05) is 0 Å². The van der Waals surface area contributed by atoms with Crippen LogP contribution in [0.15, 0.2) is 23.1 Å². The summed E-state index contributed by atoms with van der Waals surface area (Å²) in [4.78, 5) is 14.6. The number of nitrogens with one attached hydrogen (secondary N) is 1. The van der Waals surface area contributed by atoms with E-state index in [0.717, 1.165) is 10.6 Å². The van der Waals surface area contributed by atoms with Gasteiger partial charge in [-0.3, -0.25) is 0 Å². The van der Waals surface area contributed by atoms with Crippen molar-refractivity contribution in [3.05, 3.63) is 23.8 Å². The third-order valence-electron chi connectivity index (χ3n) is 1.64. The van der Waals surface area contributed by atoms with E-state index in [9.17, 15) is 4.79 Å². The summed E-state index contributed by atoms with van der Waals surface area (Å²) in [7, 11) is 0. The summed E-state index contributed by atoms with van der Waals surface area (Å²) >= 11 is 1.49. The van der Waals surface area contributed by atoms with E-state index < -0.39 is 5.97 Å². The average molecular weight is 183 g/mol. The van der Waals surface area contributed by atoms with Crippen LogP contribution in [0.4, 0.5) is 5.69 Å². The van der Waals surface area contributed by atoms with E-state index in [-0.39, 0.29) is 0 Å². The van der Waals surface area contributed by atoms with Crippen LogP contribution in [0, 0.1) is 0 Å². The average Bonchev–Trinajstić information content (AvgIpc) is 2.49. The highest BCUT2D eigenvalue weighted by Crippen LogP contribution is 2.25. The number of carboxylic acid groups (broad SMARTS) is 1. The SMILES string of the molecule is O=C(O)c1ccc2c(c1)[NH2+]NS2. The molecule has 0 aliphatic carbocycles. The van der Waals surface area contributed by atoms with Crippen molar-refractivity contribution >= 4 is 23.6 Å². The van der Waals surface area contributed by atoms with E-state index in [1.54, 1.807) is 23.6 Å². The molecule has 0 saturated heterocycles. The fraction of sp³-hybridized carbons (Fsp3) is 0. The van der Waals surface area contributed by atoms with Crippen LogP contribution >= 0.6 is 11.9 Å². The molecule has 1 aromatic rings. The molecule has 62 valence electrons. The summed E-state index contributed by atoms with van der Waals surface area (Å²) < 4.78 is 0. The number of carbonyl (C=O) groups is 1. The predicted molar refractivity (Wildman–Crippen MR) is 44.0 cm³/mol. The van der Waals surface area contributed by atoms with Crippen molar-refractivity contribution in [1.29, 1.82) is 0 Å². The van der Waals surface area contributed by atoms with Crippen molar-refractivity contribution in [2.45, 2.75) is 4.90 Å². The van der Waals surface area contributed by atoms with Crippen LogP contribution in [0.2, 0.25) is 0 Å². The highest BCUT2D eigenvalue weighted by Gasteiger charge is 2.17. The van der Waals surface area contributed by atoms with Gasteiger partial charge in [-0.25, -0.2) is 10.2 Å². The van der Waals surface area contributed by atoms with Gasteiger partial charge in [0.25, 0.3) is 0 Å². The lowest BCUT2D eigenvalue weighted by Gasteiger charge is -1.94. The second-order valence-electron chi connectivity index (χ2n) is 2.42. The molecule has 1 aliphatic heterocycles. The molecule has 0 bridgehead atoms. The molecule has 0 unspecified atom stereocenters. The lowest BCUT2D eigenvalue weighted by Crippen LogP contribution is -2.83. The van der Waals surface area contributed by atoms with E-state index in [1.165, 1.54) is 11.9 Å². The number of rotatable bonds is 1. The van der Waals surface area contributed by atoms with Crippen molar-refractivity contribution in [2.24, 2.45) is 0 Å². The summed E-state index contributed by atoms with van der Waals surface area (Å²) in [6, 6.07) is 5.07. The molecular formula is C7H7N2O2S+. The Balaban J connectivity index is 2.45. The van der Waals surface area contributed by atoms with Crippen LogP contribution in [-0.2, 0) is 0 Å². The van der Waals surface area contributed by atoms with Gasteiger partial charge in [0.1, 0.15) is 0 Å². The smallest absolute Gasteiger partial charge is 0.335 e. The maximum absolute atomic E-state index is 10.6. The first kappa shape index (κ1) is 7.60. The van der Waals surface area contributed by atoms with E-state index in [1.807, 2.05) is 0 Å². The number of carboxylic acids is 1. The largest absolute Gasteiger partial charge is 0.478 e. The lowest BCUT2D eigenvalue weighted by atomic mass is 10.2. The summed E-state index contributed by atoms with van der Waals surface area (Å²) in [5.74, 6) is -0.886. The van der Waals surface area contributed by atoms with Crippen LogP contribution in [-0.4, -0.2) is 11.1 Å². The Hall–Kier alpha value is -1.04. The Morgan fingerprint density at radius 1 is 1.58 bits per heavy atom. The van der Waals surface area contributed by atoms with Gasteiger partial charge >= 0.3 is 5.97 Å². The second-order valence-corrected chi connectivity index (χ2v) is 3.30.